The van der Waals surface area contributed by atoms with Crippen molar-refractivity contribution in [2.45, 2.75) is 45.6 Å². The van der Waals surface area contributed by atoms with Crippen LogP contribution in [0.3, 0.4) is 0 Å². The lowest BCUT2D eigenvalue weighted by Crippen LogP contribution is -2.48. The van der Waals surface area contributed by atoms with E-state index in [4.69, 9.17) is 0 Å². The van der Waals surface area contributed by atoms with Crippen molar-refractivity contribution in [1.29, 1.82) is 0 Å². The number of hydrogen-bond acceptors (Lipinski definition) is 4. The molecule has 0 aliphatic carbocycles. The summed E-state index contributed by atoms with van der Waals surface area (Å²) < 4.78 is 16.0. The topological polar surface area (TPSA) is 81.8 Å². The fourth-order valence-corrected chi connectivity index (χ4v) is 5.24. The molecule has 2 aliphatic rings. The zero-order valence-electron chi connectivity index (χ0n) is 20.1. The highest BCUT2D eigenvalue weighted by Crippen LogP contribution is 2.44. The molecule has 0 aromatic heterocycles. The Morgan fingerprint density at radius 1 is 1.26 bits per heavy atom. The van der Waals surface area contributed by atoms with Gasteiger partial charge in [-0.25, -0.2) is 14.1 Å². The molecule has 1 unspecified atom stereocenters. The standard InChI is InChI=1S/C26H28BrFN4O3/c1-5-32-22-12-20(28)16(10-19(22)15(2)13-26(32,3)4)11-21-24(34)31(25(35)30-21)14-23(33)29-18-8-6-17(27)7-9-18/h6-12,15H,5,13-14H2,1-4H3,(H,29,33)(H,30,35)/b21-11+. The number of hydrogen-bond donors (Lipinski definition) is 2. The summed E-state index contributed by atoms with van der Waals surface area (Å²) in [5, 5.41) is 5.11. The van der Waals surface area contributed by atoms with Crippen molar-refractivity contribution in [3.63, 3.8) is 0 Å². The quantitative estimate of drug-likeness (QED) is 0.400. The van der Waals surface area contributed by atoms with Gasteiger partial charge in [0.2, 0.25) is 5.91 Å². The van der Waals surface area contributed by atoms with Crippen LogP contribution in [0.25, 0.3) is 6.08 Å². The summed E-state index contributed by atoms with van der Waals surface area (Å²) in [6.45, 7) is 8.75. The van der Waals surface area contributed by atoms with Crippen molar-refractivity contribution in [2.24, 2.45) is 0 Å². The number of nitrogens with one attached hydrogen (secondary N) is 2. The Kier molecular flexibility index (Phi) is 6.73. The van der Waals surface area contributed by atoms with Gasteiger partial charge in [-0.2, -0.15) is 0 Å². The second-order valence-corrected chi connectivity index (χ2v) is 10.4. The summed E-state index contributed by atoms with van der Waals surface area (Å²) in [6, 6.07) is 9.45. The van der Waals surface area contributed by atoms with E-state index in [-0.39, 0.29) is 22.7 Å². The Morgan fingerprint density at radius 3 is 2.60 bits per heavy atom. The normalized spacial score (nSPS) is 20.2. The number of halogens is 2. The molecule has 4 rings (SSSR count). The molecule has 184 valence electrons. The zero-order valence-corrected chi connectivity index (χ0v) is 21.7. The van der Waals surface area contributed by atoms with E-state index in [9.17, 15) is 14.4 Å². The number of anilines is 2. The minimum Gasteiger partial charge on any atom is -0.366 e. The number of carbonyl (C=O) groups is 3. The third-order valence-electron chi connectivity index (χ3n) is 6.51. The van der Waals surface area contributed by atoms with E-state index in [1.54, 1.807) is 30.3 Å². The Balaban J connectivity index is 1.55. The maximum Gasteiger partial charge on any atom is 0.329 e. The summed E-state index contributed by atoms with van der Waals surface area (Å²) in [5.74, 6) is -1.48. The van der Waals surface area contributed by atoms with Crippen molar-refractivity contribution < 1.29 is 18.8 Å². The summed E-state index contributed by atoms with van der Waals surface area (Å²) in [6.07, 6.45) is 2.25. The number of urea groups is 1. The molecule has 9 heteroatoms. The van der Waals surface area contributed by atoms with E-state index in [1.807, 2.05) is 6.92 Å². The summed E-state index contributed by atoms with van der Waals surface area (Å²) in [4.78, 5) is 40.7. The van der Waals surface area contributed by atoms with Crippen molar-refractivity contribution in [3.05, 3.63) is 63.5 Å². The summed E-state index contributed by atoms with van der Waals surface area (Å²) >= 11 is 3.32. The molecule has 2 aliphatic heterocycles. The van der Waals surface area contributed by atoms with Crippen LogP contribution in [0.15, 0.2) is 46.6 Å². The van der Waals surface area contributed by atoms with Gasteiger partial charge in [0.05, 0.1) is 0 Å². The third kappa shape index (κ3) is 4.96. The minimum absolute atomic E-state index is 0.0681. The molecule has 0 radical (unpaired) electrons. The Hall–Kier alpha value is -3.20. The second kappa shape index (κ2) is 9.45. The molecule has 2 aromatic rings. The molecular weight excluding hydrogens is 515 g/mol. The first kappa shape index (κ1) is 24.9. The lowest BCUT2D eigenvalue weighted by Gasteiger charge is -2.47. The van der Waals surface area contributed by atoms with Crippen LogP contribution in [0.4, 0.5) is 20.6 Å². The average Bonchev–Trinajstić information content (AvgIpc) is 3.03. The zero-order chi connectivity index (χ0) is 25.5. The van der Waals surface area contributed by atoms with E-state index < -0.39 is 30.2 Å². The maximum atomic E-state index is 15.1. The van der Waals surface area contributed by atoms with Crippen LogP contribution in [0.2, 0.25) is 0 Å². The van der Waals surface area contributed by atoms with Gasteiger partial charge in [-0.05, 0) is 81.1 Å². The Morgan fingerprint density at radius 2 is 1.94 bits per heavy atom. The first-order chi connectivity index (χ1) is 16.5. The molecule has 2 N–H and O–H groups in total. The number of benzene rings is 2. The molecule has 0 saturated carbocycles. The van der Waals surface area contributed by atoms with Crippen LogP contribution in [0.5, 0.6) is 0 Å². The SMILES string of the molecule is CCN1c2cc(F)c(/C=C3/NC(=O)N(CC(=O)Nc4ccc(Br)cc4)C3=O)cc2C(C)CC1(C)C. The fraction of sp³-hybridized carbons (Fsp3) is 0.346. The Bertz CT molecular complexity index is 1230. The van der Waals surface area contributed by atoms with E-state index >= 15 is 4.39 Å². The maximum absolute atomic E-state index is 15.1. The van der Waals surface area contributed by atoms with E-state index in [0.717, 1.165) is 33.6 Å². The lowest BCUT2D eigenvalue weighted by molar-refractivity contribution is -0.127. The molecule has 7 nitrogen and oxygen atoms in total. The van der Waals surface area contributed by atoms with Gasteiger partial charge in [-0.1, -0.05) is 22.9 Å². The number of fused-ring (bicyclic) bond motifs is 1. The van der Waals surface area contributed by atoms with Gasteiger partial charge in [0.25, 0.3) is 5.91 Å². The van der Waals surface area contributed by atoms with E-state index in [1.165, 1.54) is 12.1 Å². The van der Waals surface area contributed by atoms with Crippen LogP contribution < -0.4 is 15.5 Å². The van der Waals surface area contributed by atoms with Crippen molar-refractivity contribution in [3.8, 4) is 0 Å². The molecule has 0 spiro atoms. The van der Waals surface area contributed by atoms with Crippen molar-refractivity contribution in [2.75, 3.05) is 23.3 Å². The second-order valence-electron chi connectivity index (χ2n) is 9.53. The monoisotopic (exact) mass is 542 g/mol. The van der Waals surface area contributed by atoms with Crippen LogP contribution in [0.1, 0.15) is 51.2 Å². The molecule has 4 amide bonds. The number of imide groups is 1. The molecule has 1 atom stereocenters. The van der Waals surface area contributed by atoms with Crippen LogP contribution >= 0.6 is 15.9 Å². The predicted molar refractivity (Wildman–Crippen MR) is 138 cm³/mol. The number of carbonyl (C=O) groups excluding carboxylic acids is 3. The first-order valence-electron chi connectivity index (χ1n) is 11.5. The smallest absolute Gasteiger partial charge is 0.329 e. The van der Waals surface area contributed by atoms with E-state index in [0.29, 0.717) is 5.69 Å². The van der Waals surface area contributed by atoms with Gasteiger partial charge in [0, 0.05) is 33.5 Å². The van der Waals surface area contributed by atoms with Gasteiger partial charge >= 0.3 is 6.03 Å². The molecule has 35 heavy (non-hydrogen) atoms. The predicted octanol–water partition coefficient (Wildman–Crippen LogP) is 5.23. The molecular formula is C26H28BrFN4O3. The molecule has 1 fully saturated rings. The highest BCUT2D eigenvalue weighted by Gasteiger charge is 2.37. The number of amides is 4. The molecule has 2 heterocycles. The van der Waals surface area contributed by atoms with Gasteiger partial charge in [-0.3, -0.25) is 9.59 Å². The first-order valence-corrected chi connectivity index (χ1v) is 12.3. The largest absolute Gasteiger partial charge is 0.366 e. The number of nitrogens with zero attached hydrogens (tertiary/aromatic N) is 2. The molecule has 2 aromatic carbocycles. The van der Waals surface area contributed by atoms with Gasteiger partial charge < -0.3 is 15.5 Å². The summed E-state index contributed by atoms with van der Waals surface area (Å²) in [5.41, 5.74) is 2.44. The van der Waals surface area contributed by atoms with Gasteiger partial charge in [-0.15, -0.1) is 0 Å². The average molecular weight is 543 g/mol. The van der Waals surface area contributed by atoms with Crippen molar-refractivity contribution >= 4 is 51.2 Å². The van der Waals surface area contributed by atoms with Crippen LogP contribution in [-0.4, -0.2) is 41.4 Å². The number of rotatable bonds is 5. The Labute approximate surface area is 212 Å². The fourth-order valence-electron chi connectivity index (χ4n) is 4.98. The highest BCUT2D eigenvalue weighted by molar-refractivity contribution is 9.10. The minimum atomic E-state index is -0.724. The third-order valence-corrected chi connectivity index (χ3v) is 7.04. The molecule has 0 bridgehead atoms. The van der Waals surface area contributed by atoms with Crippen LogP contribution in [-0.2, 0) is 9.59 Å². The van der Waals surface area contributed by atoms with Crippen molar-refractivity contribution in [1.82, 2.24) is 10.2 Å². The van der Waals surface area contributed by atoms with Crippen LogP contribution in [0, 0.1) is 5.82 Å². The van der Waals surface area contributed by atoms with E-state index in [2.05, 4.69) is 52.2 Å². The van der Waals surface area contributed by atoms with Gasteiger partial charge in [0.1, 0.15) is 18.1 Å². The summed E-state index contributed by atoms with van der Waals surface area (Å²) in [7, 11) is 0. The molecule has 1 saturated heterocycles. The highest BCUT2D eigenvalue weighted by atomic mass is 79.9. The van der Waals surface area contributed by atoms with Gasteiger partial charge in [0.15, 0.2) is 0 Å². The lowest BCUT2D eigenvalue weighted by atomic mass is 9.79.